The summed E-state index contributed by atoms with van der Waals surface area (Å²) in [6.45, 7) is -0.352. The molecule has 0 N–H and O–H groups in total. The van der Waals surface area contributed by atoms with Crippen molar-refractivity contribution in [3.63, 3.8) is 0 Å². The fraction of sp³-hybridized carbons (Fsp3) is 0.0588. The summed E-state index contributed by atoms with van der Waals surface area (Å²) in [5.74, 6) is -1.36. The van der Waals surface area contributed by atoms with Crippen molar-refractivity contribution in [3.05, 3.63) is 76.0 Å². The van der Waals surface area contributed by atoms with Crippen molar-refractivity contribution >= 4 is 33.8 Å². The Balaban J connectivity index is 1.90. The molecule has 112 valence electrons. The summed E-state index contributed by atoms with van der Waals surface area (Å²) in [5, 5.41) is 0. The molecular formula is C17H12BrFO3. The number of ether oxygens (including phenoxy) is 1. The van der Waals surface area contributed by atoms with Gasteiger partial charge in [-0.15, -0.1) is 0 Å². The fourth-order valence-corrected chi connectivity index (χ4v) is 2.23. The van der Waals surface area contributed by atoms with Gasteiger partial charge in [0.1, 0.15) is 5.82 Å². The smallest absolute Gasteiger partial charge is 0.331 e. The highest BCUT2D eigenvalue weighted by molar-refractivity contribution is 9.10. The number of esters is 1. The molecule has 0 bridgehead atoms. The topological polar surface area (TPSA) is 43.4 Å². The number of ketones is 1. The van der Waals surface area contributed by atoms with Crippen molar-refractivity contribution in [2.75, 3.05) is 6.61 Å². The van der Waals surface area contributed by atoms with Crippen LogP contribution in [-0.4, -0.2) is 18.4 Å². The van der Waals surface area contributed by atoms with Gasteiger partial charge in [-0.3, -0.25) is 4.79 Å². The second-order valence-electron chi connectivity index (χ2n) is 4.40. The monoisotopic (exact) mass is 362 g/mol. The van der Waals surface area contributed by atoms with Crippen molar-refractivity contribution in [1.82, 2.24) is 0 Å². The van der Waals surface area contributed by atoms with E-state index in [1.165, 1.54) is 24.3 Å². The van der Waals surface area contributed by atoms with Gasteiger partial charge in [0.15, 0.2) is 6.61 Å². The number of carbonyl (C=O) groups is 2. The molecule has 0 saturated heterocycles. The highest BCUT2D eigenvalue weighted by Gasteiger charge is 2.11. The van der Waals surface area contributed by atoms with Crippen LogP contribution < -0.4 is 0 Å². The second kappa shape index (κ2) is 7.66. The molecule has 5 heteroatoms. The van der Waals surface area contributed by atoms with Crippen LogP contribution in [0.2, 0.25) is 0 Å². The molecule has 0 aliphatic carbocycles. The average Bonchev–Trinajstić information content (AvgIpc) is 2.51. The van der Waals surface area contributed by atoms with Crippen LogP contribution in [0.1, 0.15) is 15.9 Å². The Labute approximate surface area is 135 Å². The van der Waals surface area contributed by atoms with Gasteiger partial charge in [0, 0.05) is 16.1 Å². The Morgan fingerprint density at radius 3 is 2.64 bits per heavy atom. The van der Waals surface area contributed by atoms with Gasteiger partial charge in [-0.2, -0.15) is 0 Å². The van der Waals surface area contributed by atoms with Gasteiger partial charge in [0.2, 0.25) is 5.78 Å². The highest BCUT2D eigenvalue weighted by Crippen LogP contribution is 2.16. The predicted octanol–water partition coefficient (Wildman–Crippen LogP) is 4.03. The molecule has 0 saturated carbocycles. The maximum atomic E-state index is 13.0. The minimum atomic E-state index is -0.662. The van der Waals surface area contributed by atoms with Gasteiger partial charge in [-0.05, 0) is 29.8 Å². The molecule has 0 spiro atoms. The van der Waals surface area contributed by atoms with Crippen molar-refractivity contribution in [2.45, 2.75) is 0 Å². The lowest BCUT2D eigenvalue weighted by atomic mass is 10.1. The molecule has 0 heterocycles. The van der Waals surface area contributed by atoms with Crippen LogP contribution in [0.25, 0.3) is 6.08 Å². The number of halogens is 2. The zero-order valence-electron chi connectivity index (χ0n) is 11.5. The molecule has 22 heavy (non-hydrogen) atoms. The Bertz CT molecular complexity index is 725. The number of carbonyl (C=O) groups excluding carboxylic acids is 2. The normalized spacial score (nSPS) is 10.6. The summed E-state index contributed by atoms with van der Waals surface area (Å²) in [6.07, 6.45) is 2.58. The Kier molecular flexibility index (Phi) is 5.61. The van der Waals surface area contributed by atoms with Gasteiger partial charge in [-0.25, -0.2) is 9.18 Å². The van der Waals surface area contributed by atoms with E-state index in [2.05, 4.69) is 15.9 Å². The van der Waals surface area contributed by atoms with Crippen molar-refractivity contribution in [2.24, 2.45) is 0 Å². The molecule has 2 aromatic rings. The molecule has 0 radical (unpaired) electrons. The van der Waals surface area contributed by atoms with E-state index >= 15 is 0 Å². The van der Waals surface area contributed by atoms with Crippen molar-refractivity contribution < 1.29 is 18.7 Å². The van der Waals surface area contributed by atoms with Crippen LogP contribution in [0, 0.1) is 5.82 Å². The predicted molar refractivity (Wildman–Crippen MR) is 84.9 cm³/mol. The van der Waals surface area contributed by atoms with Crippen LogP contribution in [0.15, 0.2) is 59.1 Å². The summed E-state index contributed by atoms with van der Waals surface area (Å²) in [6, 6.07) is 12.7. The first-order valence-corrected chi connectivity index (χ1v) is 7.23. The van der Waals surface area contributed by atoms with E-state index in [9.17, 15) is 14.0 Å². The minimum Gasteiger partial charge on any atom is -0.454 e. The maximum Gasteiger partial charge on any atom is 0.331 e. The molecule has 0 aliphatic heterocycles. The van der Waals surface area contributed by atoms with E-state index in [0.717, 1.165) is 6.08 Å². The van der Waals surface area contributed by atoms with E-state index in [1.807, 2.05) is 0 Å². The summed E-state index contributed by atoms with van der Waals surface area (Å²) >= 11 is 3.26. The lowest BCUT2D eigenvalue weighted by Crippen LogP contribution is -2.13. The number of hydrogen-bond donors (Lipinski definition) is 0. The van der Waals surface area contributed by atoms with Gasteiger partial charge in [0.05, 0.1) is 0 Å². The minimum absolute atomic E-state index is 0.306. The Morgan fingerprint density at radius 2 is 1.91 bits per heavy atom. The molecule has 2 rings (SSSR count). The van der Waals surface area contributed by atoms with Gasteiger partial charge >= 0.3 is 5.97 Å². The first-order valence-electron chi connectivity index (χ1n) is 6.44. The number of hydrogen-bond acceptors (Lipinski definition) is 3. The molecule has 2 aromatic carbocycles. The van der Waals surface area contributed by atoms with E-state index in [-0.39, 0.29) is 18.2 Å². The summed E-state index contributed by atoms with van der Waals surface area (Å²) in [4.78, 5) is 23.5. The lowest BCUT2D eigenvalue weighted by molar-refractivity contribution is -0.136. The largest absolute Gasteiger partial charge is 0.454 e. The van der Waals surface area contributed by atoms with Crippen molar-refractivity contribution in [1.29, 1.82) is 0 Å². The lowest BCUT2D eigenvalue weighted by Gasteiger charge is -2.03. The zero-order chi connectivity index (χ0) is 15.9. The molecule has 3 nitrogen and oxygen atoms in total. The van der Waals surface area contributed by atoms with E-state index in [1.54, 1.807) is 30.3 Å². The SMILES string of the molecule is O=C(/C=C/c1cccc(F)c1)OCC(=O)c1ccccc1Br. The standard InChI is InChI=1S/C17H12BrFO3/c18-15-7-2-1-6-14(15)16(20)11-22-17(21)9-8-12-4-3-5-13(19)10-12/h1-10H,11H2/b9-8+. The third-order valence-corrected chi connectivity index (χ3v) is 3.47. The van der Waals surface area contributed by atoms with Gasteiger partial charge < -0.3 is 4.74 Å². The summed E-state index contributed by atoms with van der Waals surface area (Å²) < 4.78 is 18.5. The molecular weight excluding hydrogens is 351 g/mol. The van der Waals surface area contributed by atoms with Gasteiger partial charge in [-0.1, -0.05) is 46.3 Å². The van der Waals surface area contributed by atoms with Crippen LogP contribution in [0.3, 0.4) is 0 Å². The third kappa shape index (κ3) is 4.63. The van der Waals surface area contributed by atoms with Crippen molar-refractivity contribution in [3.8, 4) is 0 Å². The molecule has 0 amide bonds. The number of Topliss-reactive ketones (excluding diaryl/α,β-unsaturated/α-hetero) is 1. The highest BCUT2D eigenvalue weighted by atomic mass is 79.9. The fourth-order valence-electron chi connectivity index (χ4n) is 1.72. The van der Waals surface area contributed by atoms with Gasteiger partial charge in [0.25, 0.3) is 0 Å². The van der Waals surface area contributed by atoms with E-state index < -0.39 is 5.97 Å². The number of benzene rings is 2. The Morgan fingerprint density at radius 1 is 1.14 bits per heavy atom. The van der Waals surface area contributed by atoms with E-state index in [4.69, 9.17) is 4.74 Å². The molecule has 0 aliphatic rings. The third-order valence-electron chi connectivity index (χ3n) is 2.78. The Hall–Kier alpha value is -2.27. The zero-order valence-corrected chi connectivity index (χ0v) is 13.0. The maximum absolute atomic E-state index is 13.0. The quantitative estimate of drug-likeness (QED) is 0.458. The van der Waals surface area contributed by atoms with Crippen LogP contribution in [0.5, 0.6) is 0 Å². The first-order chi connectivity index (χ1) is 10.6. The van der Waals surface area contributed by atoms with Crippen LogP contribution in [0.4, 0.5) is 4.39 Å². The summed E-state index contributed by atoms with van der Waals surface area (Å²) in [5.41, 5.74) is 0.985. The van der Waals surface area contributed by atoms with Crippen LogP contribution in [-0.2, 0) is 9.53 Å². The summed E-state index contributed by atoms with van der Waals surface area (Å²) in [7, 11) is 0. The molecule has 0 atom stereocenters. The first kappa shape index (κ1) is 16.1. The number of rotatable bonds is 5. The molecule has 0 fully saturated rings. The van der Waals surface area contributed by atoms with E-state index in [0.29, 0.717) is 15.6 Å². The molecule has 0 aromatic heterocycles. The van der Waals surface area contributed by atoms with Crippen LogP contribution >= 0.6 is 15.9 Å². The average molecular weight is 363 g/mol. The molecule has 0 unspecified atom stereocenters. The second-order valence-corrected chi connectivity index (χ2v) is 5.25.